The Labute approximate surface area is 362 Å². The molecular weight excluding hydrogens is 774 g/mol. The van der Waals surface area contributed by atoms with Crippen LogP contribution in [0.3, 0.4) is 0 Å². The van der Waals surface area contributed by atoms with Crippen LogP contribution in [0.25, 0.3) is 0 Å². The van der Waals surface area contributed by atoms with Crippen molar-refractivity contribution in [3.63, 3.8) is 0 Å². The molecule has 0 aromatic heterocycles. The van der Waals surface area contributed by atoms with E-state index in [4.69, 9.17) is 4.74 Å². The molecule has 0 aromatic rings. The molecular formula is C50H78FN3O5S. The van der Waals surface area contributed by atoms with E-state index in [1.807, 2.05) is 0 Å². The number of carbonyl (C=O) groups is 2. The third kappa shape index (κ3) is 7.27. The fourth-order valence-corrected chi connectivity index (χ4v) is 17.1. The minimum absolute atomic E-state index is 0.0283. The molecule has 0 amide bonds. The fraction of sp³-hybridized carbons (Fsp3) is 0.840. The highest BCUT2D eigenvalue weighted by Crippen LogP contribution is 2.76. The number of ether oxygens (including phenoxy) is 1. The van der Waals surface area contributed by atoms with Crippen LogP contribution in [0.2, 0.25) is 0 Å². The van der Waals surface area contributed by atoms with Crippen molar-refractivity contribution in [1.29, 1.82) is 0 Å². The molecule has 8 aliphatic rings. The Hall–Kier alpha value is -1.88. The molecule has 0 aromatic carbocycles. The molecule has 5 fully saturated rings. The number of likely N-dealkylation sites (tertiary alicyclic amines) is 1. The monoisotopic (exact) mass is 852 g/mol. The van der Waals surface area contributed by atoms with Gasteiger partial charge in [-0.2, -0.15) is 0 Å². The lowest BCUT2D eigenvalue weighted by Crippen LogP contribution is -2.66. The van der Waals surface area contributed by atoms with Gasteiger partial charge in [-0.15, -0.1) is 0 Å². The van der Waals surface area contributed by atoms with Crippen LogP contribution in [-0.4, -0.2) is 117 Å². The van der Waals surface area contributed by atoms with E-state index >= 15 is 0 Å². The van der Waals surface area contributed by atoms with Gasteiger partial charge in [0.2, 0.25) is 0 Å². The molecule has 60 heavy (non-hydrogen) atoms. The topological polar surface area (TPSA) is 87.2 Å². The highest BCUT2D eigenvalue weighted by atomic mass is 32.2. The number of hydrogen-bond acceptors (Lipinski definition) is 8. The van der Waals surface area contributed by atoms with E-state index in [0.29, 0.717) is 62.4 Å². The van der Waals surface area contributed by atoms with Gasteiger partial charge >= 0.3 is 0 Å². The maximum Gasteiger partial charge on any atom is 0.293 e. The number of rotatable bonds is 12. The van der Waals surface area contributed by atoms with Crippen LogP contribution in [0.1, 0.15) is 138 Å². The highest BCUT2D eigenvalue weighted by molar-refractivity contribution is 7.91. The van der Waals surface area contributed by atoms with Gasteiger partial charge in [-0.3, -0.25) is 14.5 Å². The third-order valence-corrected chi connectivity index (χ3v) is 20.9. The number of sulfone groups is 1. The minimum atomic E-state index is -2.95. The zero-order valence-electron chi connectivity index (χ0n) is 38.4. The Balaban J connectivity index is 1.10. The molecule has 2 aliphatic heterocycles. The molecule has 8 nitrogen and oxygen atoms in total. The zero-order chi connectivity index (χ0) is 42.9. The number of nitrogens with zero attached hydrogens (tertiary/aromatic N) is 3. The lowest BCUT2D eigenvalue weighted by molar-refractivity contribution is -0.200. The standard InChI is InChI=1S/C50H78FN3O5S/c1-36(2)43-40(56)33-50(54(27-25-52-23-9-8-10-24-52)28-26-53-29-31-60(57,58)32-30-53)22-21-47(6)39(44(43)50)11-12-42-46(5)17-15-38(45(3,4)41(46)16-18-48(42,47)7)37-13-19-49(34-51,20-14-37)59-35-55/h13,15,35-36,39,41-42H,8-12,14,16-34H2,1-7H3/t39-,41+,42-,46+,47-,48-,49+,50-/m1/s1. The van der Waals surface area contributed by atoms with E-state index in [1.165, 1.54) is 55.2 Å². The van der Waals surface area contributed by atoms with Crippen molar-refractivity contribution in [2.75, 3.05) is 70.5 Å². The summed E-state index contributed by atoms with van der Waals surface area (Å²) in [6.45, 7) is 24.4. The average molecular weight is 852 g/mol. The first-order chi connectivity index (χ1) is 28.4. The SMILES string of the molecule is CC(C)C1=C2[C@H]3CC[C@@H]4[C@@]5(C)CC=C(C6=CC[C@](CF)(OC=O)CC6)C(C)(C)[C@@H]5CC[C@@]4(C)[C@]3(C)CC[C@@]2(N(CCN2CCCCC2)CCN2CCS(=O)(=O)CC2)CC1=O. The minimum Gasteiger partial charge on any atom is -0.458 e. The second kappa shape index (κ2) is 16.3. The predicted molar refractivity (Wildman–Crippen MR) is 238 cm³/mol. The van der Waals surface area contributed by atoms with Crippen molar-refractivity contribution < 1.29 is 27.1 Å². The Morgan fingerprint density at radius 2 is 1.53 bits per heavy atom. The molecule has 2 saturated heterocycles. The molecule has 6 aliphatic carbocycles. The number of carbonyl (C=O) groups excluding carboxylic acids is 2. The maximum atomic E-state index is 14.6. The average Bonchev–Trinajstić information content (AvgIpc) is 3.52. The Morgan fingerprint density at radius 1 is 0.850 bits per heavy atom. The number of ketones is 1. The molecule has 336 valence electrons. The van der Waals surface area contributed by atoms with Crippen LogP contribution in [0.15, 0.2) is 34.4 Å². The van der Waals surface area contributed by atoms with E-state index in [9.17, 15) is 22.4 Å². The number of halogens is 1. The van der Waals surface area contributed by atoms with E-state index in [1.54, 1.807) is 0 Å². The summed E-state index contributed by atoms with van der Waals surface area (Å²) in [5.41, 5.74) is 4.44. The molecule has 0 radical (unpaired) electrons. The lowest BCUT2D eigenvalue weighted by atomic mass is 9.33. The largest absolute Gasteiger partial charge is 0.458 e. The van der Waals surface area contributed by atoms with Crippen LogP contribution in [0.5, 0.6) is 0 Å². The molecule has 0 spiro atoms. The van der Waals surface area contributed by atoms with E-state index < -0.39 is 22.1 Å². The molecule has 3 saturated carbocycles. The van der Waals surface area contributed by atoms with Crippen molar-refractivity contribution in [3.8, 4) is 0 Å². The van der Waals surface area contributed by atoms with Gasteiger partial charge in [0.25, 0.3) is 6.47 Å². The molecule has 0 N–H and O–H groups in total. The van der Waals surface area contributed by atoms with Crippen molar-refractivity contribution >= 4 is 22.1 Å². The zero-order valence-corrected chi connectivity index (χ0v) is 39.2. The van der Waals surface area contributed by atoms with Crippen molar-refractivity contribution in [2.24, 2.45) is 45.3 Å². The van der Waals surface area contributed by atoms with E-state index in [2.05, 4.69) is 75.3 Å². The molecule has 8 rings (SSSR count). The summed E-state index contributed by atoms with van der Waals surface area (Å²) in [5.74, 6) is 2.53. The summed E-state index contributed by atoms with van der Waals surface area (Å²) in [6, 6.07) is 0. The fourth-order valence-electron chi connectivity index (χ4n) is 15.8. The van der Waals surface area contributed by atoms with Crippen molar-refractivity contribution in [2.45, 2.75) is 149 Å². The van der Waals surface area contributed by atoms with Crippen LogP contribution in [0, 0.1) is 45.3 Å². The summed E-state index contributed by atoms with van der Waals surface area (Å²) in [4.78, 5) is 33.7. The number of piperidine rings is 1. The van der Waals surface area contributed by atoms with Gasteiger partial charge in [0.1, 0.15) is 12.3 Å². The summed E-state index contributed by atoms with van der Waals surface area (Å²) < 4.78 is 44.2. The second-order valence-electron chi connectivity index (χ2n) is 22.6. The smallest absolute Gasteiger partial charge is 0.293 e. The van der Waals surface area contributed by atoms with Crippen molar-refractivity contribution in [3.05, 3.63) is 34.4 Å². The maximum absolute atomic E-state index is 14.6. The molecule has 0 unspecified atom stereocenters. The quantitative estimate of drug-likeness (QED) is 0.180. The van der Waals surface area contributed by atoms with Gasteiger partial charge in [0.05, 0.1) is 17.0 Å². The number of hydrogen-bond donors (Lipinski definition) is 0. The lowest BCUT2D eigenvalue weighted by Gasteiger charge is -2.72. The first kappa shape index (κ1) is 44.7. The molecule has 2 heterocycles. The summed E-state index contributed by atoms with van der Waals surface area (Å²) in [7, 11) is -2.95. The first-order valence-electron chi connectivity index (χ1n) is 24.1. The van der Waals surface area contributed by atoms with Crippen LogP contribution in [0.4, 0.5) is 4.39 Å². The predicted octanol–water partition coefficient (Wildman–Crippen LogP) is 8.77. The number of Topliss-reactive ketones (excluding diaryl/α,β-unsaturated/α-hetero) is 1. The first-order valence-corrected chi connectivity index (χ1v) is 26.0. The summed E-state index contributed by atoms with van der Waals surface area (Å²) in [5, 5.41) is 0. The Kier molecular flexibility index (Phi) is 12.1. The molecule has 10 heteroatoms. The van der Waals surface area contributed by atoms with Gasteiger partial charge in [0.15, 0.2) is 15.6 Å². The van der Waals surface area contributed by atoms with Gasteiger partial charge in [-0.05, 0) is 151 Å². The second-order valence-corrected chi connectivity index (χ2v) is 24.9. The molecule has 0 bridgehead atoms. The number of fused-ring (bicyclic) bond motifs is 7. The molecule has 8 atom stereocenters. The van der Waals surface area contributed by atoms with Gasteiger partial charge in [0, 0.05) is 52.1 Å². The van der Waals surface area contributed by atoms with Crippen LogP contribution < -0.4 is 0 Å². The van der Waals surface area contributed by atoms with Gasteiger partial charge in [-0.25, -0.2) is 12.8 Å². The number of allylic oxidation sites excluding steroid dienone is 4. The highest BCUT2D eigenvalue weighted by Gasteiger charge is 2.70. The van der Waals surface area contributed by atoms with Crippen LogP contribution in [-0.2, 0) is 24.2 Å². The summed E-state index contributed by atoms with van der Waals surface area (Å²) in [6.07, 6.45) is 18.8. The van der Waals surface area contributed by atoms with Gasteiger partial charge < -0.3 is 14.5 Å². The Bertz CT molecular complexity index is 1870. The summed E-state index contributed by atoms with van der Waals surface area (Å²) >= 11 is 0. The van der Waals surface area contributed by atoms with E-state index in [0.717, 1.165) is 76.9 Å². The van der Waals surface area contributed by atoms with Gasteiger partial charge in [-0.1, -0.05) is 67.0 Å². The van der Waals surface area contributed by atoms with Crippen molar-refractivity contribution in [1.82, 2.24) is 14.7 Å². The Morgan fingerprint density at radius 3 is 2.15 bits per heavy atom. The normalized spacial score (nSPS) is 40.6. The van der Waals surface area contributed by atoms with E-state index in [-0.39, 0.29) is 44.6 Å². The third-order valence-electron chi connectivity index (χ3n) is 19.3. The number of alkyl halides is 1. The van der Waals surface area contributed by atoms with Crippen LogP contribution >= 0.6 is 0 Å².